The predicted octanol–water partition coefficient (Wildman–Crippen LogP) is 2.53. The average Bonchev–Trinajstić information content (AvgIpc) is 2.87. The van der Waals surface area contributed by atoms with Crippen molar-refractivity contribution in [3.63, 3.8) is 0 Å². The highest BCUT2D eigenvalue weighted by molar-refractivity contribution is 5.82. The summed E-state index contributed by atoms with van der Waals surface area (Å²) in [6.07, 6.45) is 1.82. The first kappa shape index (κ1) is 16.0. The zero-order valence-electron chi connectivity index (χ0n) is 13.2. The van der Waals surface area contributed by atoms with Crippen molar-refractivity contribution in [1.29, 1.82) is 0 Å². The molecule has 1 aliphatic heterocycles. The second-order valence-electron chi connectivity index (χ2n) is 6.31. The van der Waals surface area contributed by atoms with Gasteiger partial charge in [0.05, 0.1) is 12.6 Å². The Labute approximate surface area is 127 Å². The maximum atomic E-state index is 12.5. The van der Waals surface area contributed by atoms with Gasteiger partial charge in [0, 0.05) is 6.54 Å². The topological polar surface area (TPSA) is 55.6 Å². The number of carbonyl (C=O) groups excluding carboxylic acids is 1. The molecule has 116 valence electrons. The minimum absolute atomic E-state index is 0.00179. The van der Waals surface area contributed by atoms with Crippen LogP contribution in [0.25, 0.3) is 0 Å². The number of carbonyl (C=O) groups is 1. The van der Waals surface area contributed by atoms with Crippen LogP contribution >= 0.6 is 0 Å². The Hall–Kier alpha value is -1.39. The number of likely N-dealkylation sites (tertiary alicyclic amines) is 1. The lowest BCUT2D eigenvalue weighted by Gasteiger charge is -2.37. The van der Waals surface area contributed by atoms with Gasteiger partial charge in [-0.15, -0.1) is 0 Å². The first-order chi connectivity index (χ1) is 9.94. The molecular formula is C17H26N2O2. The van der Waals surface area contributed by atoms with Crippen LogP contribution in [0.5, 0.6) is 0 Å². The number of amides is 1. The van der Waals surface area contributed by atoms with Crippen LogP contribution in [0, 0.1) is 5.92 Å². The molecule has 4 nitrogen and oxygen atoms in total. The van der Waals surface area contributed by atoms with E-state index in [-0.39, 0.29) is 11.8 Å². The Kier molecular flexibility index (Phi) is 5.01. The Morgan fingerprint density at radius 2 is 2.05 bits per heavy atom. The molecule has 21 heavy (non-hydrogen) atoms. The minimum Gasteiger partial charge on any atom is -0.351 e. The van der Waals surface area contributed by atoms with Crippen LogP contribution in [-0.2, 0) is 16.1 Å². The summed E-state index contributed by atoms with van der Waals surface area (Å²) in [7, 11) is 0. The molecule has 0 unspecified atom stereocenters. The lowest BCUT2D eigenvalue weighted by molar-refractivity contribution is -0.166. The zero-order valence-corrected chi connectivity index (χ0v) is 13.2. The maximum Gasteiger partial charge on any atom is 0.241 e. The number of ether oxygens (including phenoxy) is 1. The van der Waals surface area contributed by atoms with Crippen molar-refractivity contribution in [3.05, 3.63) is 35.9 Å². The van der Waals surface area contributed by atoms with Crippen LogP contribution in [0.3, 0.4) is 0 Å². The number of nitrogens with two attached hydrogens (primary N) is 1. The van der Waals surface area contributed by atoms with Crippen molar-refractivity contribution in [2.75, 3.05) is 6.54 Å². The lowest BCUT2D eigenvalue weighted by Crippen LogP contribution is -2.54. The summed E-state index contributed by atoms with van der Waals surface area (Å²) in [5.74, 6) is 0.134. The van der Waals surface area contributed by atoms with E-state index < -0.39 is 11.8 Å². The molecule has 1 heterocycles. The highest BCUT2D eigenvalue weighted by Crippen LogP contribution is 2.32. The van der Waals surface area contributed by atoms with Gasteiger partial charge >= 0.3 is 0 Å². The molecule has 0 bridgehead atoms. The monoisotopic (exact) mass is 290 g/mol. The summed E-state index contributed by atoms with van der Waals surface area (Å²) in [5, 5.41) is 0. The highest BCUT2D eigenvalue weighted by atomic mass is 16.5. The van der Waals surface area contributed by atoms with Crippen LogP contribution < -0.4 is 5.73 Å². The summed E-state index contributed by atoms with van der Waals surface area (Å²) in [6.45, 7) is 7.18. The van der Waals surface area contributed by atoms with E-state index in [4.69, 9.17) is 10.5 Å². The standard InChI is InChI=1S/C17H26N2O2/c1-13(2)15(18)16(20)19-11-7-10-17(19,3)21-12-14-8-5-4-6-9-14/h4-6,8-9,13,15H,7,10-12,18H2,1-3H3/t15-,17-/m0/s1. The number of rotatable bonds is 5. The molecule has 4 heteroatoms. The Bertz CT molecular complexity index is 475. The van der Waals surface area contributed by atoms with E-state index in [2.05, 4.69) is 0 Å². The third-order valence-electron chi connectivity index (χ3n) is 4.26. The van der Waals surface area contributed by atoms with Gasteiger partial charge in [0.2, 0.25) is 5.91 Å². The van der Waals surface area contributed by atoms with Crippen molar-refractivity contribution in [2.45, 2.75) is 52.0 Å². The quantitative estimate of drug-likeness (QED) is 0.906. The molecule has 0 aromatic heterocycles. The van der Waals surface area contributed by atoms with Crippen LogP contribution in [0.15, 0.2) is 30.3 Å². The normalized spacial score (nSPS) is 23.6. The molecule has 1 fully saturated rings. The molecule has 0 radical (unpaired) electrons. The number of hydrogen-bond acceptors (Lipinski definition) is 3. The van der Waals surface area contributed by atoms with E-state index in [0.717, 1.165) is 24.9 Å². The van der Waals surface area contributed by atoms with E-state index in [9.17, 15) is 4.79 Å². The van der Waals surface area contributed by atoms with E-state index >= 15 is 0 Å². The fourth-order valence-corrected chi connectivity index (χ4v) is 2.71. The Morgan fingerprint density at radius 3 is 2.67 bits per heavy atom. The van der Waals surface area contributed by atoms with Gasteiger partial charge in [0.15, 0.2) is 0 Å². The Balaban J connectivity index is 2.04. The SMILES string of the molecule is CC(C)[C@H](N)C(=O)N1CCC[C@]1(C)OCc1ccccc1. The van der Waals surface area contributed by atoms with Gasteiger partial charge in [-0.25, -0.2) is 0 Å². The summed E-state index contributed by atoms with van der Waals surface area (Å²) in [4.78, 5) is 14.4. The summed E-state index contributed by atoms with van der Waals surface area (Å²) >= 11 is 0. The van der Waals surface area contributed by atoms with E-state index in [1.165, 1.54) is 0 Å². The van der Waals surface area contributed by atoms with Crippen LogP contribution in [-0.4, -0.2) is 29.1 Å². The summed E-state index contributed by atoms with van der Waals surface area (Å²) < 4.78 is 6.09. The first-order valence-electron chi connectivity index (χ1n) is 7.69. The number of benzene rings is 1. The van der Waals surface area contributed by atoms with Crippen molar-refractivity contribution in [3.8, 4) is 0 Å². The van der Waals surface area contributed by atoms with Gasteiger partial charge in [-0.3, -0.25) is 4.79 Å². The van der Waals surface area contributed by atoms with Gasteiger partial charge in [-0.05, 0) is 31.2 Å². The van der Waals surface area contributed by atoms with Crippen molar-refractivity contribution >= 4 is 5.91 Å². The average molecular weight is 290 g/mol. The largest absolute Gasteiger partial charge is 0.351 e. The molecule has 1 saturated heterocycles. The van der Waals surface area contributed by atoms with Crippen LogP contribution in [0.4, 0.5) is 0 Å². The fourth-order valence-electron chi connectivity index (χ4n) is 2.71. The van der Waals surface area contributed by atoms with Gasteiger partial charge in [0.25, 0.3) is 0 Å². The molecule has 0 aliphatic carbocycles. The first-order valence-corrected chi connectivity index (χ1v) is 7.69. The van der Waals surface area contributed by atoms with Crippen LogP contribution in [0.1, 0.15) is 39.2 Å². The molecule has 1 aromatic carbocycles. The fraction of sp³-hybridized carbons (Fsp3) is 0.588. The van der Waals surface area contributed by atoms with Crippen molar-refractivity contribution in [1.82, 2.24) is 4.90 Å². The van der Waals surface area contributed by atoms with Crippen molar-refractivity contribution < 1.29 is 9.53 Å². The molecule has 2 N–H and O–H groups in total. The second kappa shape index (κ2) is 6.58. The number of nitrogens with zero attached hydrogens (tertiary/aromatic N) is 1. The van der Waals surface area contributed by atoms with Gasteiger partial charge in [-0.1, -0.05) is 44.2 Å². The molecule has 1 aliphatic rings. The smallest absolute Gasteiger partial charge is 0.241 e. The third-order valence-corrected chi connectivity index (χ3v) is 4.26. The molecule has 2 atom stereocenters. The molecule has 1 amide bonds. The van der Waals surface area contributed by atoms with Gasteiger partial charge < -0.3 is 15.4 Å². The van der Waals surface area contributed by atoms with Gasteiger partial charge in [-0.2, -0.15) is 0 Å². The van der Waals surface area contributed by atoms with Crippen LogP contribution in [0.2, 0.25) is 0 Å². The van der Waals surface area contributed by atoms with E-state index in [1.54, 1.807) is 0 Å². The van der Waals surface area contributed by atoms with E-state index in [0.29, 0.717) is 6.61 Å². The van der Waals surface area contributed by atoms with Crippen molar-refractivity contribution in [2.24, 2.45) is 11.7 Å². The second-order valence-corrected chi connectivity index (χ2v) is 6.31. The molecular weight excluding hydrogens is 264 g/mol. The summed E-state index contributed by atoms with van der Waals surface area (Å²) in [5.41, 5.74) is 6.60. The molecule has 1 aromatic rings. The minimum atomic E-state index is -0.542. The predicted molar refractivity (Wildman–Crippen MR) is 83.4 cm³/mol. The third kappa shape index (κ3) is 3.63. The van der Waals surface area contributed by atoms with E-state index in [1.807, 2.05) is 56.0 Å². The number of hydrogen-bond donors (Lipinski definition) is 1. The molecule has 2 rings (SSSR count). The Morgan fingerprint density at radius 1 is 1.38 bits per heavy atom. The zero-order chi connectivity index (χ0) is 15.5. The highest BCUT2D eigenvalue weighted by Gasteiger charge is 2.42. The maximum absolute atomic E-state index is 12.5. The molecule has 0 spiro atoms. The summed E-state index contributed by atoms with van der Waals surface area (Å²) in [6, 6.07) is 9.58. The van der Waals surface area contributed by atoms with Gasteiger partial charge in [0.1, 0.15) is 5.72 Å². The molecule has 0 saturated carbocycles. The lowest BCUT2D eigenvalue weighted by atomic mass is 10.0.